The Labute approximate surface area is 152 Å². The fraction of sp³-hybridized carbons (Fsp3) is 0.611. The molecular weight excluding hydrogens is 372 g/mol. The van der Waals surface area contributed by atoms with Gasteiger partial charge in [-0.25, -0.2) is 0 Å². The number of nitrogens with zero attached hydrogens (tertiary/aromatic N) is 1. The number of nitrogens with one attached hydrogen (secondary N) is 1. The van der Waals surface area contributed by atoms with Crippen LogP contribution in [0, 0.1) is 5.92 Å². The highest BCUT2D eigenvalue weighted by atomic mass is 79.9. The van der Waals surface area contributed by atoms with Crippen molar-refractivity contribution < 1.29 is 4.79 Å². The second kappa shape index (κ2) is 10.4. The molecule has 1 saturated heterocycles. The van der Waals surface area contributed by atoms with Gasteiger partial charge in [0.05, 0.1) is 5.75 Å². The number of benzene rings is 1. The van der Waals surface area contributed by atoms with E-state index in [1.54, 1.807) is 11.8 Å². The van der Waals surface area contributed by atoms with Crippen LogP contribution in [-0.4, -0.2) is 42.7 Å². The summed E-state index contributed by atoms with van der Waals surface area (Å²) in [5, 5.41) is 3.03. The van der Waals surface area contributed by atoms with Gasteiger partial charge >= 0.3 is 0 Å². The first-order valence-electron chi connectivity index (χ1n) is 8.45. The van der Waals surface area contributed by atoms with Gasteiger partial charge in [-0.2, -0.15) is 0 Å². The van der Waals surface area contributed by atoms with Gasteiger partial charge in [0.2, 0.25) is 5.91 Å². The Hall–Kier alpha value is -0.520. The number of hydrogen-bond acceptors (Lipinski definition) is 3. The normalized spacial score (nSPS) is 16.4. The van der Waals surface area contributed by atoms with Gasteiger partial charge in [0.25, 0.3) is 0 Å². The molecule has 5 heteroatoms. The highest BCUT2D eigenvalue weighted by Crippen LogP contribution is 2.21. The summed E-state index contributed by atoms with van der Waals surface area (Å²) in [5.74, 6) is 2.42. The van der Waals surface area contributed by atoms with Crippen LogP contribution in [0.3, 0.4) is 0 Å². The van der Waals surface area contributed by atoms with Crippen molar-refractivity contribution in [3.63, 3.8) is 0 Å². The first-order chi connectivity index (χ1) is 11.1. The summed E-state index contributed by atoms with van der Waals surface area (Å²) >= 11 is 5.20. The van der Waals surface area contributed by atoms with E-state index in [1.165, 1.54) is 31.5 Å². The van der Waals surface area contributed by atoms with Crippen molar-refractivity contribution in [1.82, 2.24) is 10.2 Å². The Kier molecular flexibility index (Phi) is 8.48. The average Bonchev–Trinajstić information content (AvgIpc) is 2.55. The quantitative estimate of drug-likeness (QED) is 0.673. The zero-order valence-electron chi connectivity index (χ0n) is 13.9. The lowest BCUT2D eigenvalue weighted by molar-refractivity contribution is -0.118. The van der Waals surface area contributed by atoms with Gasteiger partial charge in [-0.1, -0.05) is 41.1 Å². The fourth-order valence-corrected chi connectivity index (χ4v) is 4.21. The van der Waals surface area contributed by atoms with Crippen LogP contribution in [0.15, 0.2) is 28.7 Å². The van der Waals surface area contributed by atoms with Gasteiger partial charge in [-0.05, 0) is 56.4 Å². The predicted octanol–water partition coefficient (Wildman–Crippen LogP) is 3.92. The molecule has 1 aliphatic rings. The number of thioether (sulfide) groups is 1. The summed E-state index contributed by atoms with van der Waals surface area (Å²) in [6.07, 6.45) is 3.69. The number of carbonyl (C=O) groups is 1. The van der Waals surface area contributed by atoms with E-state index in [2.05, 4.69) is 39.1 Å². The molecule has 1 heterocycles. The van der Waals surface area contributed by atoms with E-state index in [4.69, 9.17) is 0 Å². The highest BCUT2D eigenvalue weighted by Gasteiger charge is 2.14. The number of likely N-dealkylation sites (tertiary alicyclic amines) is 1. The Bertz CT molecular complexity index is 490. The van der Waals surface area contributed by atoms with Crippen LogP contribution in [0.2, 0.25) is 0 Å². The molecule has 1 amide bonds. The molecule has 0 unspecified atom stereocenters. The minimum atomic E-state index is 0.148. The number of piperidine rings is 1. The molecule has 0 atom stereocenters. The zero-order chi connectivity index (χ0) is 16.5. The summed E-state index contributed by atoms with van der Waals surface area (Å²) in [7, 11) is 0. The molecule has 0 aromatic heterocycles. The van der Waals surface area contributed by atoms with E-state index in [0.717, 1.165) is 35.7 Å². The maximum absolute atomic E-state index is 11.9. The zero-order valence-corrected chi connectivity index (χ0v) is 16.3. The molecule has 0 aliphatic carbocycles. The van der Waals surface area contributed by atoms with Crippen LogP contribution in [0.5, 0.6) is 0 Å². The lowest BCUT2D eigenvalue weighted by Gasteiger charge is -2.30. The first kappa shape index (κ1) is 18.8. The molecule has 0 saturated carbocycles. The van der Waals surface area contributed by atoms with Crippen LogP contribution in [-0.2, 0) is 10.5 Å². The number of rotatable bonds is 8. The van der Waals surface area contributed by atoms with Gasteiger partial charge in [0.1, 0.15) is 0 Å². The lowest BCUT2D eigenvalue weighted by Crippen LogP contribution is -2.35. The summed E-state index contributed by atoms with van der Waals surface area (Å²) in [5.41, 5.74) is 1.24. The van der Waals surface area contributed by atoms with Crippen molar-refractivity contribution in [1.29, 1.82) is 0 Å². The molecule has 2 rings (SSSR count). The molecule has 0 bridgehead atoms. The maximum Gasteiger partial charge on any atom is 0.230 e. The van der Waals surface area contributed by atoms with E-state index >= 15 is 0 Å². The predicted molar refractivity (Wildman–Crippen MR) is 103 cm³/mol. The Balaban J connectivity index is 1.51. The summed E-state index contributed by atoms with van der Waals surface area (Å²) in [4.78, 5) is 14.4. The van der Waals surface area contributed by atoms with Crippen molar-refractivity contribution >= 4 is 33.6 Å². The van der Waals surface area contributed by atoms with Gasteiger partial charge in [0.15, 0.2) is 0 Å². The smallest absolute Gasteiger partial charge is 0.230 e. The molecule has 0 spiro atoms. The van der Waals surface area contributed by atoms with Gasteiger partial charge < -0.3 is 10.2 Å². The summed E-state index contributed by atoms with van der Waals surface area (Å²) in [6, 6.07) is 8.17. The standard InChI is InChI=1S/C18H27BrN2OS/c1-15-7-11-21(12-8-15)10-4-9-20-18(22)14-23-13-16-5-2-3-6-17(16)19/h2-3,5-6,15H,4,7-14H2,1H3,(H,20,22). The van der Waals surface area contributed by atoms with Crippen molar-refractivity contribution in [2.45, 2.75) is 31.9 Å². The Morgan fingerprint density at radius 3 is 2.83 bits per heavy atom. The maximum atomic E-state index is 11.9. The van der Waals surface area contributed by atoms with E-state index in [0.29, 0.717) is 5.75 Å². The number of carbonyl (C=O) groups excluding carboxylic acids is 1. The van der Waals surface area contributed by atoms with Crippen molar-refractivity contribution in [2.75, 3.05) is 31.9 Å². The largest absolute Gasteiger partial charge is 0.355 e. The second-order valence-corrected chi connectivity index (χ2v) is 8.15. The molecule has 128 valence electrons. The Morgan fingerprint density at radius 1 is 1.35 bits per heavy atom. The van der Waals surface area contributed by atoms with E-state index in [1.807, 2.05) is 18.2 Å². The third kappa shape index (κ3) is 7.27. The minimum Gasteiger partial charge on any atom is -0.355 e. The van der Waals surface area contributed by atoms with Gasteiger partial charge in [-0.15, -0.1) is 11.8 Å². The van der Waals surface area contributed by atoms with Crippen LogP contribution in [0.1, 0.15) is 31.7 Å². The second-order valence-electron chi connectivity index (χ2n) is 6.31. The van der Waals surface area contributed by atoms with Crippen molar-refractivity contribution in [3.8, 4) is 0 Å². The SMILES string of the molecule is CC1CCN(CCCNC(=O)CSCc2ccccc2Br)CC1. The average molecular weight is 399 g/mol. The van der Waals surface area contributed by atoms with E-state index < -0.39 is 0 Å². The van der Waals surface area contributed by atoms with Crippen LogP contribution in [0.25, 0.3) is 0 Å². The molecule has 1 aromatic carbocycles. The number of halogens is 1. The minimum absolute atomic E-state index is 0.148. The van der Waals surface area contributed by atoms with Crippen LogP contribution >= 0.6 is 27.7 Å². The molecule has 0 radical (unpaired) electrons. The molecular formula is C18H27BrN2OS. The van der Waals surface area contributed by atoms with Gasteiger partial charge in [0, 0.05) is 16.8 Å². The molecule has 1 aromatic rings. The molecule has 1 N–H and O–H groups in total. The van der Waals surface area contributed by atoms with Crippen LogP contribution in [0.4, 0.5) is 0 Å². The first-order valence-corrected chi connectivity index (χ1v) is 10.4. The Morgan fingerprint density at radius 2 is 2.09 bits per heavy atom. The van der Waals surface area contributed by atoms with Crippen molar-refractivity contribution in [3.05, 3.63) is 34.3 Å². The summed E-state index contributed by atoms with van der Waals surface area (Å²) < 4.78 is 1.11. The third-order valence-electron chi connectivity index (χ3n) is 4.30. The fourth-order valence-electron chi connectivity index (χ4n) is 2.74. The topological polar surface area (TPSA) is 32.3 Å². The van der Waals surface area contributed by atoms with E-state index in [-0.39, 0.29) is 5.91 Å². The molecule has 3 nitrogen and oxygen atoms in total. The third-order valence-corrected chi connectivity index (χ3v) is 6.05. The molecule has 23 heavy (non-hydrogen) atoms. The number of hydrogen-bond donors (Lipinski definition) is 1. The lowest BCUT2D eigenvalue weighted by atomic mass is 9.99. The number of amides is 1. The van der Waals surface area contributed by atoms with Crippen LogP contribution < -0.4 is 5.32 Å². The van der Waals surface area contributed by atoms with E-state index in [9.17, 15) is 4.79 Å². The van der Waals surface area contributed by atoms with Crippen molar-refractivity contribution in [2.24, 2.45) is 5.92 Å². The summed E-state index contributed by atoms with van der Waals surface area (Å²) in [6.45, 7) is 6.68. The highest BCUT2D eigenvalue weighted by molar-refractivity contribution is 9.10. The monoisotopic (exact) mass is 398 g/mol. The molecule has 1 fully saturated rings. The molecule has 1 aliphatic heterocycles. The van der Waals surface area contributed by atoms with Gasteiger partial charge in [-0.3, -0.25) is 4.79 Å².